The van der Waals surface area contributed by atoms with Crippen LogP contribution in [0.5, 0.6) is 11.5 Å². The Hall–Kier alpha value is -3.07. The van der Waals surface area contributed by atoms with Crippen molar-refractivity contribution in [2.75, 3.05) is 11.4 Å². The van der Waals surface area contributed by atoms with Crippen LogP contribution in [0.1, 0.15) is 24.8 Å². The Kier molecular flexibility index (Phi) is 4.85. The van der Waals surface area contributed by atoms with Crippen LogP contribution in [0.25, 0.3) is 0 Å². The highest BCUT2D eigenvalue weighted by Gasteiger charge is 2.27. The molecule has 2 aromatic carbocycles. The fourth-order valence-corrected chi connectivity index (χ4v) is 3.10. The van der Waals surface area contributed by atoms with Crippen molar-refractivity contribution < 1.29 is 19.0 Å². The fraction of sp³-hybridized carbons (Fsp3) is 0.263. The number of carboxylic acid groups (broad SMARTS) is 1. The molecule has 1 atom stereocenters. The van der Waals surface area contributed by atoms with Crippen molar-refractivity contribution in [2.24, 2.45) is 0 Å². The minimum absolute atomic E-state index is 0.0413. The Balaban J connectivity index is 1.80. The number of hydrogen-bond donors (Lipinski definition) is 1. The van der Waals surface area contributed by atoms with Gasteiger partial charge in [-0.1, -0.05) is 6.07 Å². The van der Waals surface area contributed by atoms with Gasteiger partial charge in [0.2, 0.25) is 0 Å². The molecular formula is C19H17FN2O3. The van der Waals surface area contributed by atoms with Crippen LogP contribution < -0.4 is 9.64 Å². The average molecular weight is 340 g/mol. The second kappa shape index (κ2) is 7.22. The summed E-state index contributed by atoms with van der Waals surface area (Å²) in [5.41, 5.74) is 1.09. The Labute approximate surface area is 144 Å². The van der Waals surface area contributed by atoms with Crippen molar-refractivity contribution >= 4 is 11.7 Å². The van der Waals surface area contributed by atoms with Gasteiger partial charge in [-0.2, -0.15) is 5.26 Å². The van der Waals surface area contributed by atoms with Crippen molar-refractivity contribution in [3.8, 4) is 17.6 Å². The maximum atomic E-state index is 14.0. The maximum absolute atomic E-state index is 14.0. The molecule has 1 heterocycles. The number of carbonyl (C=O) groups is 1. The third-order valence-corrected chi connectivity index (χ3v) is 4.23. The maximum Gasteiger partial charge on any atom is 0.305 e. The van der Waals surface area contributed by atoms with Crippen LogP contribution in [0, 0.1) is 17.1 Å². The number of nitrogens with zero attached hydrogens (tertiary/aromatic N) is 2. The lowest BCUT2D eigenvalue weighted by atomic mass is 10.1. The first-order valence-electron chi connectivity index (χ1n) is 8.03. The van der Waals surface area contributed by atoms with Gasteiger partial charge in [0.15, 0.2) is 11.6 Å². The first-order chi connectivity index (χ1) is 12.1. The Morgan fingerprint density at radius 2 is 2.20 bits per heavy atom. The zero-order chi connectivity index (χ0) is 17.8. The molecule has 3 rings (SSSR count). The van der Waals surface area contributed by atoms with Crippen LogP contribution in [0.15, 0.2) is 42.5 Å². The predicted molar refractivity (Wildman–Crippen MR) is 90.3 cm³/mol. The zero-order valence-electron chi connectivity index (χ0n) is 13.5. The molecule has 0 aromatic heterocycles. The van der Waals surface area contributed by atoms with E-state index in [4.69, 9.17) is 15.1 Å². The van der Waals surface area contributed by atoms with Crippen molar-refractivity contribution in [1.82, 2.24) is 0 Å². The summed E-state index contributed by atoms with van der Waals surface area (Å²) in [6, 6.07) is 13.0. The van der Waals surface area contributed by atoms with E-state index in [9.17, 15) is 9.18 Å². The van der Waals surface area contributed by atoms with E-state index in [1.807, 2.05) is 12.1 Å². The minimum atomic E-state index is -0.816. The molecule has 0 radical (unpaired) electrons. The van der Waals surface area contributed by atoms with Crippen molar-refractivity contribution in [2.45, 2.75) is 25.3 Å². The summed E-state index contributed by atoms with van der Waals surface area (Å²) >= 11 is 0. The van der Waals surface area contributed by atoms with E-state index < -0.39 is 11.8 Å². The van der Waals surface area contributed by atoms with E-state index in [1.165, 1.54) is 12.1 Å². The topological polar surface area (TPSA) is 73.6 Å². The van der Waals surface area contributed by atoms with Gasteiger partial charge >= 0.3 is 5.97 Å². The van der Waals surface area contributed by atoms with Crippen LogP contribution in [0.2, 0.25) is 0 Å². The third-order valence-electron chi connectivity index (χ3n) is 4.23. The van der Waals surface area contributed by atoms with E-state index in [2.05, 4.69) is 4.90 Å². The van der Waals surface area contributed by atoms with Crippen molar-refractivity contribution in [1.29, 1.82) is 5.26 Å². The summed E-state index contributed by atoms with van der Waals surface area (Å²) in [4.78, 5) is 13.1. The molecule has 6 heteroatoms. The monoisotopic (exact) mass is 340 g/mol. The van der Waals surface area contributed by atoms with E-state index in [1.54, 1.807) is 18.2 Å². The Morgan fingerprint density at radius 3 is 2.92 bits per heavy atom. The SMILES string of the molecule is N#Cc1ccc(Oc2cccc(N3CCCC3CC(=O)O)c2)c(F)c1. The predicted octanol–water partition coefficient (Wildman–Crippen LogP) is 3.93. The first-order valence-corrected chi connectivity index (χ1v) is 8.03. The van der Waals surface area contributed by atoms with Gasteiger partial charge in [-0.15, -0.1) is 0 Å². The number of hydrogen-bond acceptors (Lipinski definition) is 4. The van der Waals surface area contributed by atoms with E-state index >= 15 is 0 Å². The summed E-state index contributed by atoms with van der Waals surface area (Å²) in [5, 5.41) is 17.8. The Bertz CT molecular complexity index is 832. The quantitative estimate of drug-likeness (QED) is 0.892. The zero-order valence-corrected chi connectivity index (χ0v) is 13.5. The number of nitriles is 1. The summed E-state index contributed by atoms with van der Waals surface area (Å²) in [6.45, 7) is 0.784. The van der Waals surface area contributed by atoms with E-state index in [0.717, 1.165) is 31.1 Å². The number of carboxylic acids is 1. The van der Waals surface area contributed by atoms with Gasteiger partial charge < -0.3 is 14.7 Å². The number of halogens is 1. The molecule has 1 unspecified atom stereocenters. The highest BCUT2D eigenvalue weighted by Crippen LogP contribution is 2.32. The number of rotatable bonds is 5. The highest BCUT2D eigenvalue weighted by atomic mass is 19.1. The lowest BCUT2D eigenvalue weighted by Gasteiger charge is -2.26. The molecule has 0 spiro atoms. The van der Waals surface area contributed by atoms with Crippen molar-refractivity contribution in [3.05, 3.63) is 53.8 Å². The number of anilines is 1. The highest BCUT2D eigenvalue weighted by molar-refractivity contribution is 5.69. The second-order valence-electron chi connectivity index (χ2n) is 5.94. The van der Waals surface area contributed by atoms with Gasteiger partial charge in [-0.3, -0.25) is 4.79 Å². The van der Waals surface area contributed by atoms with Crippen molar-refractivity contribution in [3.63, 3.8) is 0 Å². The summed E-state index contributed by atoms with van der Waals surface area (Å²) < 4.78 is 19.6. The lowest BCUT2D eigenvalue weighted by Crippen LogP contribution is -2.31. The molecule has 0 saturated carbocycles. The molecule has 1 N–H and O–H groups in total. The third kappa shape index (κ3) is 3.89. The van der Waals surface area contributed by atoms with Crippen LogP contribution in [0.4, 0.5) is 10.1 Å². The Morgan fingerprint density at radius 1 is 1.36 bits per heavy atom. The molecule has 1 saturated heterocycles. The molecule has 1 aliphatic rings. The van der Waals surface area contributed by atoms with Gasteiger partial charge in [0.1, 0.15) is 5.75 Å². The second-order valence-corrected chi connectivity index (χ2v) is 5.94. The van der Waals surface area contributed by atoms with E-state index in [0.29, 0.717) is 5.75 Å². The molecule has 25 heavy (non-hydrogen) atoms. The number of benzene rings is 2. The minimum Gasteiger partial charge on any atom is -0.481 e. The molecular weight excluding hydrogens is 323 g/mol. The van der Waals surface area contributed by atoms with Gasteiger partial charge in [-0.05, 0) is 43.2 Å². The molecule has 0 aliphatic carbocycles. The molecule has 128 valence electrons. The normalized spacial score (nSPS) is 16.5. The smallest absolute Gasteiger partial charge is 0.305 e. The standard InChI is InChI=1S/C19H17FN2O3/c20-17-9-13(12-21)6-7-18(17)25-16-5-1-3-14(10-16)22-8-2-4-15(22)11-19(23)24/h1,3,5-7,9-10,15H,2,4,8,11H2,(H,23,24). The number of aliphatic carboxylic acids is 1. The van der Waals surface area contributed by atoms with Crippen LogP contribution >= 0.6 is 0 Å². The molecule has 1 aliphatic heterocycles. The molecule has 1 fully saturated rings. The van der Waals surface area contributed by atoms with Gasteiger partial charge in [0.05, 0.1) is 18.1 Å². The van der Waals surface area contributed by atoms with Gasteiger partial charge in [0, 0.05) is 24.3 Å². The molecule has 0 bridgehead atoms. The molecule has 5 nitrogen and oxygen atoms in total. The largest absolute Gasteiger partial charge is 0.481 e. The summed E-state index contributed by atoms with van der Waals surface area (Å²) in [6.07, 6.45) is 1.87. The molecule has 2 aromatic rings. The lowest BCUT2D eigenvalue weighted by molar-refractivity contribution is -0.137. The van der Waals surface area contributed by atoms with Crippen LogP contribution in [-0.4, -0.2) is 23.7 Å². The van der Waals surface area contributed by atoms with E-state index in [-0.39, 0.29) is 23.8 Å². The fourth-order valence-electron chi connectivity index (χ4n) is 3.10. The summed E-state index contributed by atoms with van der Waals surface area (Å²) in [7, 11) is 0. The van der Waals surface area contributed by atoms with Crippen LogP contribution in [-0.2, 0) is 4.79 Å². The molecule has 0 amide bonds. The van der Waals surface area contributed by atoms with Crippen LogP contribution in [0.3, 0.4) is 0 Å². The van der Waals surface area contributed by atoms with Gasteiger partial charge in [-0.25, -0.2) is 4.39 Å². The summed E-state index contributed by atoms with van der Waals surface area (Å²) in [5.74, 6) is -0.917. The van der Waals surface area contributed by atoms with Gasteiger partial charge in [0.25, 0.3) is 0 Å². The number of ether oxygens (including phenoxy) is 1. The first kappa shape index (κ1) is 16.8. The average Bonchev–Trinajstić information content (AvgIpc) is 3.04.